The second-order valence-corrected chi connectivity index (χ2v) is 6.64. The predicted octanol–water partition coefficient (Wildman–Crippen LogP) is 4.34. The summed E-state index contributed by atoms with van der Waals surface area (Å²) in [6, 6.07) is 8.13. The highest BCUT2D eigenvalue weighted by atomic mass is 35.5. The van der Waals surface area contributed by atoms with Gasteiger partial charge in [0.1, 0.15) is 5.82 Å². The van der Waals surface area contributed by atoms with Crippen molar-refractivity contribution in [2.75, 3.05) is 0 Å². The largest absolute Gasteiger partial charge is 0.269 e. The molecule has 0 saturated heterocycles. The van der Waals surface area contributed by atoms with Gasteiger partial charge in [-0.05, 0) is 37.6 Å². The van der Waals surface area contributed by atoms with Crippen molar-refractivity contribution in [3.63, 3.8) is 0 Å². The zero-order chi connectivity index (χ0) is 16.8. The molecule has 6 heteroatoms. The van der Waals surface area contributed by atoms with Crippen LogP contribution in [0.5, 0.6) is 0 Å². The highest BCUT2D eigenvalue weighted by Gasteiger charge is 2.47. The van der Waals surface area contributed by atoms with Gasteiger partial charge in [0.15, 0.2) is 0 Å². The van der Waals surface area contributed by atoms with Crippen LogP contribution in [-0.4, -0.2) is 15.5 Å². The van der Waals surface area contributed by atoms with Crippen molar-refractivity contribution in [2.45, 2.75) is 38.5 Å². The van der Waals surface area contributed by atoms with E-state index in [0.29, 0.717) is 28.6 Å². The third kappa shape index (κ3) is 3.02. The monoisotopic (exact) mass is 338 g/mol. The summed E-state index contributed by atoms with van der Waals surface area (Å²) in [4.78, 5) is 16.9. The average Bonchev–Trinajstić information content (AvgIpc) is 2.73. The molecular formula is C17H17ClF2N2O. The molecule has 0 spiro atoms. The Labute approximate surface area is 137 Å². The molecule has 1 aliphatic carbocycles. The molecule has 3 nitrogen and oxygen atoms in total. The first-order chi connectivity index (χ1) is 10.8. The van der Waals surface area contributed by atoms with Crippen molar-refractivity contribution in [2.24, 2.45) is 5.92 Å². The molecule has 0 amide bonds. The summed E-state index contributed by atoms with van der Waals surface area (Å²) in [6.07, 6.45) is 0.0358. The summed E-state index contributed by atoms with van der Waals surface area (Å²) in [5, 5.41) is 0.546. The molecule has 0 bridgehead atoms. The van der Waals surface area contributed by atoms with E-state index in [1.165, 1.54) is 10.6 Å². The van der Waals surface area contributed by atoms with Crippen LogP contribution in [0.3, 0.4) is 0 Å². The topological polar surface area (TPSA) is 34.9 Å². The lowest BCUT2D eigenvalue weighted by Crippen LogP contribution is -2.25. The molecule has 3 rings (SSSR count). The van der Waals surface area contributed by atoms with E-state index in [-0.39, 0.29) is 12.0 Å². The molecule has 2 aromatic rings. The van der Waals surface area contributed by atoms with Crippen molar-refractivity contribution in [3.05, 3.63) is 57.2 Å². The van der Waals surface area contributed by atoms with Gasteiger partial charge >= 0.3 is 0 Å². The van der Waals surface area contributed by atoms with E-state index >= 15 is 0 Å². The summed E-state index contributed by atoms with van der Waals surface area (Å²) in [7, 11) is 0. The Hall–Kier alpha value is -1.75. The Morgan fingerprint density at radius 2 is 1.96 bits per heavy atom. The molecule has 23 heavy (non-hydrogen) atoms. The Balaban J connectivity index is 2.13. The Morgan fingerprint density at radius 3 is 2.52 bits per heavy atom. The highest BCUT2D eigenvalue weighted by molar-refractivity contribution is 6.30. The molecule has 1 fully saturated rings. The minimum atomic E-state index is -2.73. The summed E-state index contributed by atoms with van der Waals surface area (Å²) in [6.45, 7) is 3.24. The van der Waals surface area contributed by atoms with Crippen molar-refractivity contribution >= 4 is 11.6 Å². The Bertz CT molecular complexity index is 786. The zero-order valence-corrected chi connectivity index (χ0v) is 13.6. The van der Waals surface area contributed by atoms with Crippen LogP contribution in [0.15, 0.2) is 35.1 Å². The maximum Gasteiger partial charge on any atom is 0.258 e. The number of rotatable bonds is 2. The molecule has 1 heterocycles. The number of aryl methyl sites for hydroxylation is 1. The lowest BCUT2D eigenvalue weighted by Gasteiger charge is -2.17. The molecule has 1 aliphatic rings. The third-order valence-electron chi connectivity index (χ3n) is 4.40. The van der Waals surface area contributed by atoms with Crippen LogP contribution in [0.1, 0.15) is 37.2 Å². The SMILES string of the molecule is Cc1cc(=O)n(-c2ccc(Cl)cc2)c([C@H]2C[C@H](C)C(F)(F)C2)n1. The van der Waals surface area contributed by atoms with E-state index < -0.39 is 17.8 Å². The van der Waals surface area contributed by atoms with Crippen LogP contribution in [0, 0.1) is 12.8 Å². The van der Waals surface area contributed by atoms with Crippen LogP contribution >= 0.6 is 11.6 Å². The fraction of sp³-hybridized carbons (Fsp3) is 0.412. The van der Waals surface area contributed by atoms with E-state index in [9.17, 15) is 13.6 Å². The van der Waals surface area contributed by atoms with Gasteiger partial charge in [0, 0.05) is 35.0 Å². The first kappa shape index (κ1) is 16.1. The standard InChI is InChI=1S/C17H17ClF2N2O/c1-10-7-12(9-17(10,19)20)16-21-11(2)8-15(23)22(16)14-5-3-13(18)4-6-14/h3-6,8,10,12H,7,9H2,1-2H3/t10-,12-/m0/s1. The summed E-state index contributed by atoms with van der Waals surface area (Å²) in [5.74, 6) is -3.48. The second kappa shape index (κ2) is 5.71. The van der Waals surface area contributed by atoms with Gasteiger partial charge in [-0.2, -0.15) is 0 Å². The van der Waals surface area contributed by atoms with E-state index in [4.69, 9.17) is 11.6 Å². The van der Waals surface area contributed by atoms with Crippen molar-refractivity contribution in [1.29, 1.82) is 0 Å². The van der Waals surface area contributed by atoms with Crippen LogP contribution in [0.2, 0.25) is 5.02 Å². The van der Waals surface area contributed by atoms with Gasteiger partial charge in [-0.15, -0.1) is 0 Å². The van der Waals surface area contributed by atoms with Gasteiger partial charge in [-0.3, -0.25) is 9.36 Å². The van der Waals surface area contributed by atoms with Gasteiger partial charge in [0.05, 0.1) is 5.69 Å². The number of hydrogen-bond acceptors (Lipinski definition) is 2. The summed E-state index contributed by atoms with van der Waals surface area (Å²) in [5.41, 5.74) is 0.862. The fourth-order valence-corrected chi connectivity index (χ4v) is 3.28. The van der Waals surface area contributed by atoms with Crippen molar-refractivity contribution in [3.8, 4) is 5.69 Å². The lowest BCUT2D eigenvalue weighted by molar-refractivity contribution is -0.0309. The quantitative estimate of drug-likeness (QED) is 0.816. The minimum Gasteiger partial charge on any atom is -0.269 e. The number of halogens is 3. The molecule has 0 unspecified atom stereocenters. The number of benzene rings is 1. The van der Waals surface area contributed by atoms with Gasteiger partial charge < -0.3 is 0 Å². The van der Waals surface area contributed by atoms with Crippen LogP contribution in [-0.2, 0) is 0 Å². The normalized spacial score (nSPS) is 23.2. The molecule has 0 N–H and O–H groups in total. The summed E-state index contributed by atoms with van der Waals surface area (Å²) < 4.78 is 29.3. The highest BCUT2D eigenvalue weighted by Crippen LogP contribution is 2.47. The van der Waals surface area contributed by atoms with Crippen molar-refractivity contribution in [1.82, 2.24) is 9.55 Å². The van der Waals surface area contributed by atoms with E-state index in [1.807, 2.05) is 0 Å². The first-order valence-corrected chi connectivity index (χ1v) is 7.90. The Kier molecular flexibility index (Phi) is 4.00. The molecule has 2 atom stereocenters. The molecule has 1 aromatic heterocycles. The molecule has 1 aromatic carbocycles. The zero-order valence-electron chi connectivity index (χ0n) is 12.9. The molecule has 1 saturated carbocycles. The smallest absolute Gasteiger partial charge is 0.258 e. The number of aromatic nitrogens is 2. The van der Waals surface area contributed by atoms with Crippen LogP contribution in [0.25, 0.3) is 5.69 Å². The molecule has 0 aliphatic heterocycles. The first-order valence-electron chi connectivity index (χ1n) is 7.52. The van der Waals surface area contributed by atoms with Crippen molar-refractivity contribution < 1.29 is 8.78 Å². The molecule has 122 valence electrons. The maximum atomic E-state index is 13.9. The van der Waals surface area contributed by atoms with Crippen LogP contribution in [0.4, 0.5) is 8.78 Å². The lowest BCUT2D eigenvalue weighted by atomic mass is 10.0. The van der Waals surface area contributed by atoms with Gasteiger partial charge in [-0.1, -0.05) is 18.5 Å². The molecular weight excluding hydrogens is 322 g/mol. The average molecular weight is 339 g/mol. The Morgan fingerprint density at radius 1 is 1.30 bits per heavy atom. The van der Waals surface area contributed by atoms with E-state index in [0.717, 1.165) is 0 Å². The third-order valence-corrected chi connectivity index (χ3v) is 4.65. The number of hydrogen-bond donors (Lipinski definition) is 0. The number of nitrogens with zero attached hydrogens (tertiary/aromatic N) is 2. The van der Waals surface area contributed by atoms with Gasteiger partial charge in [0.25, 0.3) is 11.5 Å². The van der Waals surface area contributed by atoms with Crippen LogP contribution < -0.4 is 5.56 Å². The second-order valence-electron chi connectivity index (χ2n) is 6.20. The minimum absolute atomic E-state index is 0.266. The predicted molar refractivity (Wildman–Crippen MR) is 85.7 cm³/mol. The maximum absolute atomic E-state index is 13.9. The van der Waals surface area contributed by atoms with E-state index in [1.54, 1.807) is 38.1 Å². The van der Waals surface area contributed by atoms with Gasteiger partial charge in [-0.25, -0.2) is 13.8 Å². The molecule has 0 radical (unpaired) electrons. The number of alkyl halides is 2. The summed E-state index contributed by atoms with van der Waals surface area (Å²) >= 11 is 5.89. The fourth-order valence-electron chi connectivity index (χ4n) is 3.15. The van der Waals surface area contributed by atoms with E-state index in [2.05, 4.69) is 4.98 Å². The van der Waals surface area contributed by atoms with Gasteiger partial charge in [0.2, 0.25) is 0 Å².